The molecule has 1 radical (unpaired) electrons. The second-order valence-electron chi connectivity index (χ2n) is 18.8. The fraction of sp³-hybridized carbons (Fsp3) is 1.00. The van der Waals surface area contributed by atoms with Gasteiger partial charge in [0.25, 0.3) is 0 Å². The van der Waals surface area contributed by atoms with E-state index in [0.29, 0.717) is 0 Å². The zero-order valence-electron chi connectivity index (χ0n) is 41.9. The SMILES string of the molecule is CCCCCCCCCCCCCCCCCCOB(OCCCCCCCCCCCCCCCCCC)OCCCCCCCCCCCCCCCCCC.[Li]. The standard InChI is InChI=1S/C54H111BO3.Li/c1-4-7-10-13-16-19-22-25-28-31-34-37-40-43-46-49-52-56-55(57-53-50-47-44-41-38-35-32-29-26-23-20-17-14-11-8-5-2)58-54-51-48-45-42-39-36-33-30-27-24-21-18-15-12-9-6-3;/h4-54H2,1-3H3;. The topological polar surface area (TPSA) is 27.7 Å². The molecule has 0 aromatic rings. The fourth-order valence-corrected chi connectivity index (χ4v) is 8.63. The van der Waals surface area contributed by atoms with Crippen molar-refractivity contribution in [1.29, 1.82) is 0 Å². The maximum absolute atomic E-state index is 6.17. The summed E-state index contributed by atoms with van der Waals surface area (Å²) in [5.41, 5.74) is 0. The third-order valence-corrected chi connectivity index (χ3v) is 12.8. The van der Waals surface area contributed by atoms with E-state index >= 15 is 0 Å². The van der Waals surface area contributed by atoms with Crippen molar-refractivity contribution < 1.29 is 14.0 Å². The summed E-state index contributed by atoms with van der Waals surface area (Å²) >= 11 is 0. The van der Waals surface area contributed by atoms with Crippen LogP contribution in [0.2, 0.25) is 0 Å². The zero-order valence-corrected chi connectivity index (χ0v) is 41.9. The Morgan fingerprint density at radius 2 is 0.305 bits per heavy atom. The molecule has 349 valence electrons. The van der Waals surface area contributed by atoms with Gasteiger partial charge in [0.15, 0.2) is 0 Å². The molecule has 0 amide bonds. The van der Waals surface area contributed by atoms with Crippen molar-refractivity contribution in [1.82, 2.24) is 0 Å². The fourth-order valence-electron chi connectivity index (χ4n) is 8.63. The van der Waals surface area contributed by atoms with Crippen LogP contribution in [0.3, 0.4) is 0 Å². The van der Waals surface area contributed by atoms with Gasteiger partial charge in [-0.2, -0.15) is 0 Å². The van der Waals surface area contributed by atoms with Crippen LogP contribution in [0, 0.1) is 0 Å². The van der Waals surface area contributed by atoms with Gasteiger partial charge in [0.05, 0.1) is 0 Å². The Morgan fingerprint density at radius 1 is 0.186 bits per heavy atom. The van der Waals surface area contributed by atoms with Gasteiger partial charge < -0.3 is 14.0 Å². The summed E-state index contributed by atoms with van der Waals surface area (Å²) < 4.78 is 18.5. The molecule has 0 aliphatic heterocycles. The van der Waals surface area contributed by atoms with Crippen LogP contribution >= 0.6 is 0 Å². The number of hydrogen-bond acceptors (Lipinski definition) is 3. The van der Waals surface area contributed by atoms with Gasteiger partial charge in [0.2, 0.25) is 0 Å². The molecule has 0 bridgehead atoms. The third kappa shape index (κ3) is 56.5. The predicted octanol–water partition coefficient (Wildman–Crippen LogP) is 19.4. The normalized spacial score (nSPS) is 11.4. The Hall–Kier alpha value is 0.542. The Bertz CT molecular complexity index is 606. The quantitative estimate of drug-likeness (QED) is 0.0452. The second-order valence-corrected chi connectivity index (χ2v) is 18.8. The maximum Gasteiger partial charge on any atom is 0.639 e. The van der Waals surface area contributed by atoms with Gasteiger partial charge in [0.1, 0.15) is 0 Å². The van der Waals surface area contributed by atoms with Crippen LogP contribution in [-0.2, 0) is 14.0 Å². The maximum atomic E-state index is 6.17. The van der Waals surface area contributed by atoms with Gasteiger partial charge >= 0.3 is 7.32 Å². The Morgan fingerprint density at radius 3 is 0.441 bits per heavy atom. The Balaban J connectivity index is 0. The zero-order chi connectivity index (χ0) is 41.8. The smallest absolute Gasteiger partial charge is 0.386 e. The van der Waals surface area contributed by atoms with Gasteiger partial charge in [-0.15, -0.1) is 0 Å². The predicted molar refractivity (Wildman–Crippen MR) is 268 cm³/mol. The minimum atomic E-state index is -0.468. The largest absolute Gasteiger partial charge is 0.639 e. The van der Waals surface area contributed by atoms with E-state index in [2.05, 4.69) is 20.8 Å². The van der Waals surface area contributed by atoms with Crippen LogP contribution in [0.25, 0.3) is 0 Å². The summed E-state index contributed by atoms with van der Waals surface area (Å²) in [6.45, 7) is 9.21. The van der Waals surface area contributed by atoms with Crippen LogP contribution in [-0.4, -0.2) is 46.0 Å². The van der Waals surface area contributed by atoms with Crippen molar-refractivity contribution in [2.24, 2.45) is 0 Å². The van der Waals surface area contributed by atoms with Crippen molar-refractivity contribution in [2.45, 2.75) is 329 Å². The summed E-state index contributed by atoms with van der Waals surface area (Å²) in [5.74, 6) is 0. The van der Waals surface area contributed by atoms with Gasteiger partial charge in [-0.05, 0) is 19.3 Å². The average molecular weight is 826 g/mol. The van der Waals surface area contributed by atoms with Crippen LogP contribution in [0.1, 0.15) is 329 Å². The average Bonchev–Trinajstić information content (AvgIpc) is 3.23. The minimum absolute atomic E-state index is 0. The molecule has 0 rings (SSSR count). The summed E-state index contributed by atoms with van der Waals surface area (Å²) in [5, 5.41) is 0. The molecule has 0 aliphatic carbocycles. The van der Waals surface area contributed by atoms with Crippen LogP contribution < -0.4 is 0 Å². The molecule has 5 heteroatoms. The van der Waals surface area contributed by atoms with Gasteiger partial charge in [-0.3, -0.25) is 0 Å². The van der Waals surface area contributed by atoms with E-state index in [1.54, 1.807) is 0 Å². The Kier molecular flexibility index (Phi) is 61.2. The van der Waals surface area contributed by atoms with E-state index in [9.17, 15) is 0 Å². The molecular formula is C54H111BLiO3. The third-order valence-electron chi connectivity index (χ3n) is 12.8. The first-order chi connectivity index (χ1) is 28.8. The van der Waals surface area contributed by atoms with Crippen molar-refractivity contribution in [2.75, 3.05) is 19.8 Å². The number of hydrogen-bond donors (Lipinski definition) is 0. The first-order valence-corrected chi connectivity index (χ1v) is 27.7. The van der Waals surface area contributed by atoms with Crippen LogP contribution in [0.4, 0.5) is 0 Å². The molecule has 0 atom stereocenters. The van der Waals surface area contributed by atoms with E-state index in [4.69, 9.17) is 14.0 Å². The van der Waals surface area contributed by atoms with E-state index in [0.717, 1.165) is 39.1 Å². The monoisotopic (exact) mass is 826 g/mol. The first-order valence-electron chi connectivity index (χ1n) is 27.7. The van der Waals surface area contributed by atoms with E-state index in [1.165, 1.54) is 289 Å². The molecule has 0 aromatic carbocycles. The number of rotatable bonds is 54. The van der Waals surface area contributed by atoms with Crippen LogP contribution in [0.5, 0.6) is 0 Å². The molecule has 0 saturated heterocycles. The molecule has 0 aromatic heterocycles. The van der Waals surface area contributed by atoms with E-state index < -0.39 is 7.32 Å². The molecule has 0 fully saturated rings. The molecule has 0 heterocycles. The Labute approximate surface area is 387 Å². The number of unbranched alkanes of at least 4 members (excludes halogenated alkanes) is 45. The molecular weight excluding hydrogens is 714 g/mol. The molecule has 0 aliphatic rings. The van der Waals surface area contributed by atoms with E-state index in [1.807, 2.05) is 0 Å². The molecule has 0 N–H and O–H groups in total. The van der Waals surface area contributed by atoms with Crippen molar-refractivity contribution in [3.05, 3.63) is 0 Å². The second kappa shape index (κ2) is 58.5. The molecule has 0 spiro atoms. The van der Waals surface area contributed by atoms with Crippen molar-refractivity contribution in [3.63, 3.8) is 0 Å². The molecule has 0 saturated carbocycles. The van der Waals surface area contributed by atoms with Crippen molar-refractivity contribution in [3.8, 4) is 0 Å². The van der Waals surface area contributed by atoms with Crippen LogP contribution in [0.15, 0.2) is 0 Å². The molecule has 0 unspecified atom stereocenters. The molecule has 59 heavy (non-hydrogen) atoms. The first kappa shape index (κ1) is 61.6. The van der Waals surface area contributed by atoms with Gasteiger partial charge in [-0.1, -0.05) is 310 Å². The van der Waals surface area contributed by atoms with Gasteiger partial charge in [0, 0.05) is 38.7 Å². The summed E-state index contributed by atoms with van der Waals surface area (Å²) in [4.78, 5) is 0. The summed E-state index contributed by atoms with van der Waals surface area (Å²) in [7, 11) is -0.468. The molecule has 3 nitrogen and oxygen atoms in total. The van der Waals surface area contributed by atoms with Crippen molar-refractivity contribution >= 4 is 26.2 Å². The van der Waals surface area contributed by atoms with E-state index in [-0.39, 0.29) is 18.9 Å². The summed E-state index contributed by atoms with van der Waals surface area (Å²) in [6.07, 6.45) is 67.1. The van der Waals surface area contributed by atoms with Gasteiger partial charge in [-0.25, -0.2) is 0 Å². The summed E-state index contributed by atoms with van der Waals surface area (Å²) in [6, 6.07) is 0. The minimum Gasteiger partial charge on any atom is -0.386 e.